The lowest BCUT2D eigenvalue weighted by molar-refractivity contribution is -0.115. The Hall–Kier alpha value is -3.64. The summed E-state index contributed by atoms with van der Waals surface area (Å²) >= 11 is 0.891. The van der Waals surface area contributed by atoms with Gasteiger partial charge in [0.2, 0.25) is 0 Å². The van der Waals surface area contributed by atoms with Crippen molar-refractivity contribution in [2.45, 2.75) is 6.54 Å². The zero-order chi connectivity index (χ0) is 20.7. The molecule has 0 saturated carbocycles. The van der Waals surface area contributed by atoms with Gasteiger partial charge in [-0.05, 0) is 52.6 Å². The SMILES string of the molecule is O=C1NC(=O)C(=Cc2ccc3c(c2)c2ccccc2c(=O)n3Cc2ccccc2)S1. The maximum absolute atomic E-state index is 13.2. The second-order valence-corrected chi connectivity index (χ2v) is 8.07. The standard InChI is InChI=1S/C24H16N2O3S/c27-22-21(30-24(29)25-22)13-16-10-11-20-19(12-16)17-8-4-5-9-18(17)23(28)26(20)14-15-6-2-1-3-7-15/h1-13H,14H2,(H,25,27,29). The largest absolute Gasteiger partial charge is 0.303 e. The highest BCUT2D eigenvalue weighted by molar-refractivity contribution is 8.18. The maximum atomic E-state index is 13.2. The quantitative estimate of drug-likeness (QED) is 0.397. The van der Waals surface area contributed by atoms with Gasteiger partial charge in [-0.2, -0.15) is 0 Å². The number of thioether (sulfide) groups is 1. The first-order valence-electron chi connectivity index (χ1n) is 9.44. The minimum Gasteiger partial charge on any atom is -0.303 e. The van der Waals surface area contributed by atoms with Crippen molar-refractivity contribution in [2.75, 3.05) is 0 Å². The third-order valence-electron chi connectivity index (χ3n) is 5.13. The van der Waals surface area contributed by atoms with E-state index in [1.165, 1.54) is 0 Å². The summed E-state index contributed by atoms with van der Waals surface area (Å²) < 4.78 is 1.78. The van der Waals surface area contributed by atoms with Gasteiger partial charge in [-0.1, -0.05) is 54.6 Å². The van der Waals surface area contributed by atoms with E-state index in [1.54, 1.807) is 10.6 Å². The second kappa shape index (κ2) is 7.31. The first-order chi connectivity index (χ1) is 14.6. The van der Waals surface area contributed by atoms with Crippen LogP contribution < -0.4 is 10.9 Å². The zero-order valence-electron chi connectivity index (χ0n) is 15.8. The molecule has 0 aliphatic carbocycles. The van der Waals surface area contributed by atoms with Crippen molar-refractivity contribution < 1.29 is 9.59 Å². The second-order valence-electron chi connectivity index (χ2n) is 7.05. The van der Waals surface area contributed by atoms with Gasteiger partial charge in [0, 0.05) is 10.8 Å². The van der Waals surface area contributed by atoms with Crippen molar-refractivity contribution in [3.05, 3.63) is 99.2 Å². The Labute approximate surface area is 176 Å². The van der Waals surface area contributed by atoms with Crippen molar-refractivity contribution in [3.63, 3.8) is 0 Å². The van der Waals surface area contributed by atoms with Gasteiger partial charge in [0.15, 0.2) is 0 Å². The first kappa shape index (κ1) is 18.4. The maximum Gasteiger partial charge on any atom is 0.290 e. The van der Waals surface area contributed by atoms with Gasteiger partial charge in [0.1, 0.15) is 0 Å². The number of nitrogens with zero attached hydrogens (tertiary/aromatic N) is 1. The number of hydrogen-bond acceptors (Lipinski definition) is 4. The summed E-state index contributed by atoms with van der Waals surface area (Å²) in [4.78, 5) is 37.0. The molecule has 1 aliphatic heterocycles. The molecular formula is C24H16N2O3S. The van der Waals surface area contributed by atoms with Gasteiger partial charge in [0.05, 0.1) is 17.0 Å². The molecule has 0 atom stereocenters. The van der Waals surface area contributed by atoms with Crippen molar-refractivity contribution in [1.29, 1.82) is 0 Å². The zero-order valence-corrected chi connectivity index (χ0v) is 16.6. The molecule has 2 amide bonds. The Morgan fingerprint density at radius 2 is 1.57 bits per heavy atom. The number of nitrogens with one attached hydrogen (secondary N) is 1. The van der Waals surface area contributed by atoms with E-state index in [2.05, 4.69) is 5.32 Å². The predicted molar refractivity (Wildman–Crippen MR) is 120 cm³/mol. The Morgan fingerprint density at radius 3 is 2.30 bits per heavy atom. The van der Waals surface area contributed by atoms with Gasteiger partial charge in [-0.3, -0.25) is 19.7 Å². The monoisotopic (exact) mass is 412 g/mol. The van der Waals surface area contributed by atoms with Crippen LogP contribution in [0.1, 0.15) is 11.1 Å². The third-order valence-corrected chi connectivity index (χ3v) is 5.94. The molecule has 6 heteroatoms. The van der Waals surface area contributed by atoms with E-state index in [4.69, 9.17) is 0 Å². The fourth-order valence-electron chi connectivity index (χ4n) is 3.75. The number of carbonyl (C=O) groups excluding carboxylic acids is 2. The van der Waals surface area contributed by atoms with Crippen LogP contribution in [0.25, 0.3) is 27.8 Å². The van der Waals surface area contributed by atoms with Crippen LogP contribution >= 0.6 is 11.8 Å². The summed E-state index contributed by atoms with van der Waals surface area (Å²) in [6, 6.07) is 23.1. The van der Waals surface area contributed by atoms with E-state index < -0.39 is 0 Å². The van der Waals surface area contributed by atoms with E-state index in [1.807, 2.05) is 72.8 Å². The molecule has 5 nitrogen and oxygen atoms in total. The number of aromatic nitrogens is 1. The number of hydrogen-bond donors (Lipinski definition) is 1. The number of benzene rings is 3. The summed E-state index contributed by atoms with van der Waals surface area (Å²) in [5, 5.41) is 4.33. The Kier molecular flexibility index (Phi) is 4.48. The Bertz CT molecular complexity index is 1420. The van der Waals surface area contributed by atoms with Gasteiger partial charge in [0.25, 0.3) is 16.7 Å². The van der Waals surface area contributed by atoms with Crippen molar-refractivity contribution >= 4 is 50.7 Å². The lowest BCUT2D eigenvalue weighted by Crippen LogP contribution is -2.21. The van der Waals surface area contributed by atoms with Gasteiger partial charge in [-0.25, -0.2) is 0 Å². The lowest BCUT2D eigenvalue weighted by Gasteiger charge is -2.14. The van der Waals surface area contributed by atoms with Crippen LogP contribution in [0.15, 0.2) is 82.5 Å². The molecule has 3 aromatic carbocycles. The third kappa shape index (κ3) is 3.21. The van der Waals surface area contributed by atoms with E-state index in [-0.39, 0.29) is 16.7 Å². The molecule has 0 bridgehead atoms. The molecule has 2 heterocycles. The van der Waals surface area contributed by atoms with E-state index >= 15 is 0 Å². The van der Waals surface area contributed by atoms with Crippen molar-refractivity contribution in [3.8, 4) is 0 Å². The highest BCUT2D eigenvalue weighted by atomic mass is 32.2. The molecule has 1 N–H and O–H groups in total. The fraction of sp³-hybridized carbons (Fsp3) is 0.0417. The molecule has 146 valence electrons. The molecule has 0 radical (unpaired) electrons. The topological polar surface area (TPSA) is 68.2 Å². The number of pyridine rings is 1. The molecule has 4 aromatic rings. The number of rotatable bonds is 3. The van der Waals surface area contributed by atoms with Crippen LogP contribution in [0.4, 0.5) is 4.79 Å². The van der Waals surface area contributed by atoms with E-state index in [0.29, 0.717) is 16.8 Å². The van der Waals surface area contributed by atoms with E-state index in [9.17, 15) is 14.4 Å². The summed E-state index contributed by atoms with van der Waals surface area (Å²) in [5.74, 6) is -0.385. The highest BCUT2D eigenvalue weighted by Crippen LogP contribution is 2.29. The van der Waals surface area contributed by atoms with Crippen LogP contribution in [-0.2, 0) is 11.3 Å². The van der Waals surface area contributed by atoms with Crippen molar-refractivity contribution in [1.82, 2.24) is 9.88 Å². The molecule has 0 spiro atoms. The predicted octanol–water partition coefficient (Wildman–Crippen LogP) is 4.53. The summed E-state index contributed by atoms with van der Waals surface area (Å²) in [7, 11) is 0. The first-order valence-corrected chi connectivity index (χ1v) is 10.3. The highest BCUT2D eigenvalue weighted by Gasteiger charge is 2.25. The van der Waals surface area contributed by atoms with E-state index in [0.717, 1.165) is 39.2 Å². The minimum atomic E-state index is -0.385. The smallest absolute Gasteiger partial charge is 0.290 e. The minimum absolute atomic E-state index is 0.0376. The van der Waals surface area contributed by atoms with Crippen LogP contribution in [0.3, 0.4) is 0 Å². The van der Waals surface area contributed by atoms with Gasteiger partial charge < -0.3 is 4.57 Å². The Balaban J connectivity index is 1.73. The van der Waals surface area contributed by atoms with Gasteiger partial charge >= 0.3 is 0 Å². The molecule has 1 saturated heterocycles. The average Bonchev–Trinajstić information content (AvgIpc) is 3.08. The number of carbonyl (C=O) groups is 2. The molecule has 1 aromatic heterocycles. The molecule has 1 aliphatic rings. The van der Waals surface area contributed by atoms with Crippen molar-refractivity contribution in [2.24, 2.45) is 0 Å². The number of amides is 2. The molecule has 0 unspecified atom stereocenters. The summed E-state index contributed by atoms with van der Waals surface area (Å²) in [6.45, 7) is 0.466. The van der Waals surface area contributed by atoms with Crippen LogP contribution in [0, 0.1) is 0 Å². The number of fused-ring (bicyclic) bond motifs is 3. The molecular weight excluding hydrogens is 396 g/mol. The molecule has 30 heavy (non-hydrogen) atoms. The summed E-state index contributed by atoms with van der Waals surface area (Å²) in [6.07, 6.45) is 1.70. The number of imide groups is 1. The summed E-state index contributed by atoms with van der Waals surface area (Å²) in [5.41, 5.74) is 2.62. The van der Waals surface area contributed by atoms with Crippen LogP contribution in [0.5, 0.6) is 0 Å². The normalized spacial score (nSPS) is 15.3. The van der Waals surface area contributed by atoms with Crippen LogP contribution in [0.2, 0.25) is 0 Å². The molecule has 1 fully saturated rings. The average molecular weight is 412 g/mol. The molecule has 5 rings (SSSR count). The van der Waals surface area contributed by atoms with Gasteiger partial charge in [-0.15, -0.1) is 0 Å². The van der Waals surface area contributed by atoms with Crippen LogP contribution in [-0.4, -0.2) is 15.7 Å². The fourth-order valence-corrected chi connectivity index (χ4v) is 4.43. The lowest BCUT2D eigenvalue weighted by atomic mass is 10.0. The Morgan fingerprint density at radius 1 is 0.833 bits per heavy atom.